The Morgan fingerprint density at radius 1 is 1.17 bits per heavy atom. The number of carbonyl (C=O) groups is 3. The summed E-state index contributed by atoms with van der Waals surface area (Å²) in [4.78, 5) is 39.7. The molecule has 0 aromatic heterocycles. The molecule has 2 unspecified atom stereocenters. The quantitative estimate of drug-likeness (QED) is 0.419. The monoisotopic (exact) mass is 507 g/mol. The SMILES string of the molecule is CSCC[C@H](NC(=O)C1Cc2ccccc2CN1CC(CC(C)C)NC(=O)OC(C)(C)C)C(=O)O. The maximum Gasteiger partial charge on any atom is 0.407 e. The molecule has 0 radical (unpaired) electrons. The third-order valence-electron chi connectivity index (χ3n) is 5.81. The lowest BCUT2D eigenvalue weighted by Crippen LogP contribution is -2.57. The Morgan fingerprint density at radius 2 is 1.83 bits per heavy atom. The Morgan fingerprint density at radius 3 is 2.40 bits per heavy atom. The molecule has 35 heavy (non-hydrogen) atoms. The van der Waals surface area contributed by atoms with Gasteiger partial charge in [-0.1, -0.05) is 38.1 Å². The van der Waals surface area contributed by atoms with Crippen LogP contribution in [0.4, 0.5) is 4.79 Å². The number of hydrogen-bond donors (Lipinski definition) is 3. The first kappa shape index (κ1) is 29.0. The second-order valence-electron chi connectivity index (χ2n) is 10.6. The second kappa shape index (κ2) is 13.2. The number of rotatable bonds is 11. The molecule has 2 amide bonds. The predicted molar refractivity (Wildman–Crippen MR) is 140 cm³/mol. The molecule has 8 nitrogen and oxygen atoms in total. The fraction of sp³-hybridized carbons (Fsp3) is 0.654. The van der Waals surface area contributed by atoms with Crippen LogP contribution in [0.3, 0.4) is 0 Å². The van der Waals surface area contributed by atoms with Crippen LogP contribution < -0.4 is 10.6 Å². The van der Waals surface area contributed by atoms with Gasteiger partial charge in [0.05, 0.1) is 6.04 Å². The van der Waals surface area contributed by atoms with Crippen LogP contribution in [0.1, 0.15) is 58.6 Å². The van der Waals surface area contributed by atoms with E-state index in [1.54, 1.807) is 11.8 Å². The highest BCUT2D eigenvalue weighted by atomic mass is 32.2. The highest BCUT2D eigenvalue weighted by Gasteiger charge is 2.35. The van der Waals surface area contributed by atoms with Gasteiger partial charge in [-0.05, 0) is 69.1 Å². The topological polar surface area (TPSA) is 108 Å². The number of nitrogens with zero attached hydrogens (tertiary/aromatic N) is 1. The van der Waals surface area contributed by atoms with Crippen LogP contribution in [0.5, 0.6) is 0 Å². The summed E-state index contributed by atoms with van der Waals surface area (Å²) in [6.07, 6.45) is 2.99. The van der Waals surface area contributed by atoms with Gasteiger partial charge in [-0.15, -0.1) is 0 Å². The number of hydrogen-bond acceptors (Lipinski definition) is 6. The van der Waals surface area contributed by atoms with Gasteiger partial charge in [0, 0.05) is 19.1 Å². The van der Waals surface area contributed by atoms with E-state index in [1.165, 1.54) is 0 Å². The summed E-state index contributed by atoms with van der Waals surface area (Å²) in [6, 6.07) is 6.31. The number of carboxylic acids is 1. The maximum atomic E-state index is 13.4. The number of carbonyl (C=O) groups excluding carboxylic acids is 2. The first-order valence-corrected chi connectivity index (χ1v) is 13.6. The molecule has 1 aromatic carbocycles. The minimum atomic E-state index is -1.03. The lowest BCUT2D eigenvalue weighted by molar-refractivity contribution is -0.143. The smallest absolute Gasteiger partial charge is 0.407 e. The summed E-state index contributed by atoms with van der Waals surface area (Å²) in [6.45, 7) is 10.6. The molecule has 1 aromatic rings. The van der Waals surface area contributed by atoms with Crippen molar-refractivity contribution >= 4 is 29.7 Å². The molecule has 1 aliphatic rings. The van der Waals surface area contributed by atoms with Crippen LogP contribution in [-0.4, -0.2) is 70.3 Å². The lowest BCUT2D eigenvalue weighted by atomic mass is 9.92. The van der Waals surface area contributed by atoms with Crippen molar-refractivity contribution in [2.24, 2.45) is 5.92 Å². The molecule has 0 spiro atoms. The number of alkyl carbamates (subject to hydrolysis) is 1. The molecule has 0 fully saturated rings. The minimum Gasteiger partial charge on any atom is -0.480 e. The fourth-order valence-corrected chi connectivity index (χ4v) is 4.77. The van der Waals surface area contributed by atoms with Crippen molar-refractivity contribution in [2.45, 2.75) is 84.2 Å². The van der Waals surface area contributed by atoms with E-state index in [9.17, 15) is 19.5 Å². The van der Waals surface area contributed by atoms with Gasteiger partial charge in [0.25, 0.3) is 0 Å². The van der Waals surface area contributed by atoms with Crippen LogP contribution in [0.25, 0.3) is 0 Å². The number of nitrogens with one attached hydrogen (secondary N) is 2. The van der Waals surface area contributed by atoms with E-state index in [-0.39, 0.29) is 11.9 Å². The minimum absolute atomic E-state index is 0.225. The molecule has 0 bridgehead atoms. The van der Waals surface area contributed by atoms with E-state index in [4.69, 9.17) is 4.74 Å². The Balaban J connectivity index is 2.25. The molecule has 3 atom stereocenters. The summed E-state index contributed by atoms with van der Waals surface area (Å²) in [5.74, 6) is -0.361. The third kappa shape index (κ3) is 9.72. The zero-order valence-electron chi connectivity index (χ0n) is 21.8. The van der Waals surface area contributed by atoms with Gasteiger partial charge in [-0.25, -0.2) is 9.59 Å². The largest absolute Gasteiger partial charge is 0.480 e. The van der Waals surface area contributed by atoms with Crippen LogP contribution >= 0.6 is 11.8 Å². The number of amides is 2. The van der Waals surface area contributed by atoms with Gasteiger partial charge in [0.2, 0.25) is 5.91 Å². The average molecular weight is 508 g/mol. The van der Waals surface area contributed by atoms with Crippen LogP contribution in [0, 0.1) is 5.92 Å². The van der Waals surface area contributed by atoms with Crippen molar-refractivity contribution in [1.82, 2.24) is 15.5 Å². The Kier molecular flexibility index (Phi) is 10.9. The van der Waals surface area contributed by atoms with Crippen molar-refractivity contribution in [3.05, 3.63) is 35.4 Å². The van der Waals surface area contributed by atoms with Crippen LogP contribution in [0.15, 0.2) is 24.3 Å². The highest BCUT2D eigenvalue weighted by Crippen LogP contribution is 2.25. The molecule has 3 N–H and O–H groups in total. The molecular weight excluding hydrogens is 466 g/mol. The van der Waals surface area contributed by atoms with Crippen LogP contribution in [0.2, 0.25) is 0 Å². The Hall–Kier alpha value is -2.26. The highest BCUT2D eigenvalue weighted by molar-refractivity contribution is 7.98. The van der Waals surface area contributed by atoms with Crippen molar-refractivity contribution in [3.63, 3.8) is 0 Å². The van der Waals surface area contributed by atoms with E-state index >= 15 is 0 Å². The van der Waals surface area contributed by atoms with Crippen LogP contribution in [-0.2, 0) is 27.3 Å². The number of benzene rings is 1. The van der Waals surface area contributed by atoms with Gasteiger partial charge in [-0.2, -0.15) is 11.8 Å². The van der Waals surface area contributed by atoms with E-state index in [0.29, 0.717) is 37.6 Å². The van der Waals surface area contributed by atoms with E-state index in [1.807, 2.05) is 51.3 Å². The van der Waals surface area contributed by atoms with E-state index in [2.05, 4.69) is 29.4 Å². The van der Waals surface area contributed by atoms with Crippen molar-refractivity contribution in [3.8, 4) is 0 Å². The van der Waals surface area contributed by atoms with Gasteiger partial charge in [0.1, 0.15) is 11.6 Å². The summed E-state index contributed by atoms with van der Waals surface area (Å²) in [5.41, 5.74) is 1.61. The molecular formula is C26H41N3O5S. The average Bonchev–Trinajstić information content (AvgIpc) is 2.73. The number of fused-ring (bicyclic) bond motifs is 1. The molecule has 9 heteroatoms. The molecule has 0 saturated heterocycles. The molecule has 2 rings (SSSR count). The predicted octanol–water partition coefficient (Wildman–Crippen LogP) is 3.68. The molecule has 1 heterocycles. The Bertz CT molecular complexity index is 871. The summed E-state index contributed by atoms with van der Waals surface area (Å²) < 4.78 is 5.47. The second-order valence-corrected chi connectivity index (χ2v) is 11.6. The molecule has 1 aliphatic heterocycles. The standard InChI is InChI=1S/C26H41N3O5S/c1-17(2)13-20(27-25(33)34-26(3,4)5)16-29-15-19-10-8-7-9-18(19)14-22(29)23(30)28-21(24(31)32)11-12-35-6/h7-10,17,20-22H,11-16H2,1-6H3,(H,27,33)(H,28,30)(H,31,32)/t20?,21-,22?/m0/s1. The van der Waals surface area contributed by atoms with Gasteiger partial charge < -0.3 is 20.5 Å². The number of carboxylic acid groups (broad SMARTS) is 1. The third-order valence-corrected chi connectivity index (χ3v) is 6.45. The number of aliphatic carboxylic acids is 1. The fourth-order valence-electron chi connectivity index (χ4n) is 4.29. The van der Waals surface area contributed by atoms with Gasteiger partial charge >= 0.3 is 12.1 Å². The first-order chi connectivity index (χ1) is 16.4. The maximum absolute atomic E-state index is 13.4. The van der Waals surface area contributed by atoms with Gasteiger partial charge in [-0.3, -0.25) is 9.69 Å². The van der Waals surface area contributed by atoms with Gasteiger partial charge in [0.15, 0.2) is 0 Å². The first-order valence-electron chi connectivity index (χ1n) is 12.2. The molecule has 196 valence electrons. The Labute approximate surface area is 213 Å². The normalized spacial score (nSPS) is 17.9. The number of thioether (sulfide) groups is 1. The zero-order chi connectivity index (χ0) is 26.2. The van der Waals surface area contributed by atoms with Crippen molar-refractivity contribution < 1.29 is 24.2 Å². The summed E-state index contributed by atoms with van der Waals surface area (Å²) in [7, 11) is 0. The van der Waals surface area contributed by atoms with Crippen molar-refractivity contribution in [2.75, 3.05) is 18.6 Å². The van der Waals surface area contributed by atoms with E-state index < -0.39 is 29.7 Å². The summed E-state index contributed by atoms with van der Waals surface area (Å²) in [5, 5.41) is 15.4. The zero-order valence-corrected chi connectivity index (χ0v) is 22.6. The number of ether oxygens (including phenoxy) is 1. The lowest BCUT2D eigenvalue weighted by Gasteiger charge is -2.39. The molecule has 0 aliphatic carbocycles. The summed E-state index contributed by atoms with van der Waals surface area (Å²) >= 11 is 1.55. The molecule has 0 saturated carbocycles. The van der Waals surface area contributed by atoms with Crippen molar-refractivity contribution in [1.29, 1.82) is 0 Å². The van der Waals surface area contributed by atoms with E-state index in [0.717, 1.165) is 17.5 Å².